The maximum Gasteiger partial charge on any atom is 0.142 e. The van der Waals surface area contributed by atoms with E-state index in [1.165, 1.54) is 6.07 Å². The molecule has 0 atom stereocenters. The van der Waals surface area contributed by atoms with E-state index in [0.29, 0.717) is 5.56 Å². The Hall–Kier alpha value is -1.42. The largest absolute Gasteiger partial charge is 0.395 e. The van der Waals surface area contributed by atoms with Gasteiger partial charge >= 0.3 is 0 Å². The van der Waals surface area contributed by atoms with E-state index in [9.17, 15) is 14.6 Å². The van der Waals surface area contributed by atoms with Crippen LogP contribution < -0.4 is 0 Å². The number of halogens is 2. The first-order chi connectivity index (χ1) is 10.0. The van der Waals surface area contributed by atoms with Gasteiger partial charge in [-0.05, 0) is 30.5 Å². The Morgan fingerprint density at radius 3 is 2.38 bits per heavy atom. The zero-order chi connectivity index (χ0) is 15.5. The molecule has 0 saturated heterocycles. The quantitative estimate of drug-likeness (QED) is 0.890. The average molecular weight is 309 g/mol. The Bertz CT molecular complexity index is 624. The lowest BCUT2D eigenvalue weighted by atomic mass is 9.76. The molecule has 0 saturated carbocycles. The van der Waals surface area contributed by atoms with Gasteiger partial charge in [-0.1, -0.05) is 53.6 Å². The summed E-state index contributed by atoms with van der Waals surface area (Å²) in [5.41, 5.74) is 1.53. The molecule has 0 aliphatic heterocycles. The minimum atomic E-state index is -0.885. The van der Waals surface area contributed by atoms with Crippen molar-refractivity contribution in [1.82, 2.24) is 0 Å². The summed E-state index contributed by atoms with van der Waals surface area (Å²) in [6.07, 6.45) is 0.264. The van der Waals surface area contributed by atoms with Gasteiger partial charge in [0.25, 0.3) is 0 Å². The van der Waals surface area contributed by atoms with Gasteiger partial charge in [0.15, 0.2) is 0 Å². The molecule has 0 aliphatic rings. The lowest BCUT2D eigenvalue weighted by molar-refractivity contribution is 0.116. The minimum absolute atomic E-state index is 0.0384. The van der Waals surface area contributed by atoms with E-state index >= 15 is 0 Å². The monoisotopic (exact) mass is 308 g/mol. The van der Waals surface area contributed by atoms with Crippen molar-refractivity contribution in [3.63, 3.8) is 0 Å². The predicted molar refractivity (Wildman–Crippen MR) is 82.1 cm³/mol. The summed E-state index contributed by atoms with van der Waals surface area (Å²) < 4.78 is 13.6. The van der Waals surface area contributed by atoms with Gasteiger partial charge in [0.1, 0.15) is 5.82 Å². The highest BCUT2D eigenvalue weighted by Gasteiger charge is 2.32. The molecule has 0 heterocycles. The van der Waals surface area contributed by atoms with Crippen molar-refractivity contribution in [2.75, 3.05) is 13.2 Å². The van der Waals surface area contributed by atoms with Crippen molar-refractivity contribution in [2.45, 2.75) is 18.8 Å². The molecule has 2 N–H and O–H groups in total. The van der Waals surface area contributed by atoms with Gasteiger partial charge in [-0.25, -0.2) is 4.39 Å². The Kier molecular flexibility index (Phi) is 4.99. The van der Waals surface area contributed by atoms with Crippen molar-refractivity contribution >= 4 is 11.6 Å². The van der Waals surface area contributed by atoms with Crippen molar-refractivity contribution in [1.29, 1.82) is 0 Å². The summed E-state index contributed by atoms with van der Waals surface area (Å²) in [6, 6.07) is 12.2. The van der Waals surface area contributed by atoms with E-state index in [2.05, 4.69) is 0 Å². The average Bonchev–Trinajstić information content (AvgIpc) is 2.49. The highest BCUT2D eigenvalue weighted by Crippen LogP contribution is 2.32. The number of hydrogen-bond acceptors (Lipinski definition) is 2. The molecular formula is C17H18ClFO2. The van der Waals surface area contributed by atoms with Crippen molar-refractivity contribution in [3.8, 4) is 0 Å². The Morgan fingerprint density at radius 2 is 1.76 bits per heavy atom. The van der Waals surface area contributed by atoms with Gasteiger partial charge in [0, 0.05) is 5.41 Å². The van der Waals surface area contributed by atoms with E-state index in [1.807, 2.05) is 31.2 Å². The molecule has 112 valence electrons. The summed E-state index contributed by atoms with van der Waals surface area (Å²) in [7, 11) is 0. The van der Waals surface area contributed by atoms with Gasteiger partial charge in [-0.15, -0.1) is 0 Å². The SMILES string of the molecule is Cc1cccc(C(CO)(CO)Cc2cccc(F)c2Cl)c1. The molecule has 0 radical (unpaired) electrons. The summed E-state index contributed by atoms with van der Waals surface area (Å²) in [4.78, 5) is 0. The minimum Gasteiger partial charge on any atom is -0.395 e. The van der Waals surface area contributed by atoms with Crippen molar-refractivity contribution < 1.29 is 14.6 Å². The Morgan fingerprint density at radius 1 is 1.10 bits per heavy atom. The van der Waals surface area contributed by atoms with Gasteiger partial charge in [0.2, 0.25) is 0 Å². The predicted octanol–water partition coefficient (Wildman–Crippen LogP) is 3.25. The fourth-order valence-corrected chi connectivity index (χ4v) is 2.66. The van der Waals surface area contributed by atoms with Crippen LogP contribution in [0, 0.1) is 12.7 Å². The third-order valence-electron chi connectivity index (χ3n) is 3.80. The molecule has 2 nitrogen and oxygen atoms in total. The number of aryl methyl sites for hydroxylation is 1. The van der Waals surface area contributed by atoms with Crippen LogP contribution in [0.4, 0.5) is 4.39 Å². The smallest absolute Gasteiger partial charge is 0.142 e. The first-order valence-corrected chi connectivity index (χ1v) is 7.12. The lowest BCUT2D eigenvalue weighted by Gasteiger charge is -2.31. The van der Waals surface area contributed by atoms with E-state index in [4.69, 9.17) is 11.6 Å². The van der Waals surface area contributed by atoms with Crippen LogP contribution in [0.3, 0.4) is 0 Å². The van der Waals surface area contributed by atoms with E-state index in [1.54, 1.807) is 12.1 Å². The normalized spacial score (nSPS) is 11.7. The molecule has 0 unspecified atom stereocenters. The molecule has 2 rings (SSSR count). The molecule has 4 heteroatoms. The Balaban J connectivity index is 2.45. The van der Waals surface area contributed by atoms with Crippen LogP contribution in [-0.4, -0.2) is 23.4 Å². The van der Waals surface area contributed by atoms with Gasteiger partial charge < -0.3 is 10.2 Å². The number of rotatable bonds is 5. The number of aliphatic hydroxyl groups excluding tert-OH is 2. The number of aliphatic hydroxyl groups is 2. The highest BCUT2D eigenvalue weighted by molar-refractivity contribution is 6.31. The van der Waals surface area contributed by atoms with Crippen LogP contribution >= 0.6 is 11.6 Å². The molecular weight excluding hydrogens is 291 g/mol. The maximum absolute atomic E-state index is 13.6. The summed E-state index contributed by atoms with van der Waals surface area (Å²) in [5.74, 6) is -0.497. The van der Waals surface area contributed by atoms with Crippen LogP contribution in [-0.2, 0) is 11.8 Å². The van der Waals surface area contributed by atoms with Gasteiger partial charge in [-0.2, -0.15) is 0 Å². The Labute approximate surface area is 128 Å². The third-order valence-corrected chi connectivity index (χ3v) is 4.22. The molecule has 0 aliphatic carbocycles. The van der Waals surface area contributed by atoms with Crippen molar-refractivity contribution in [3.05, 3.63) is 70.0 Å². The molecule has 0 spiro atoms. The van der Waals surface area contributed by atoms with Crippen LogP contribution in [0.5, 0.6) is 0 Å². The first-order valence-electron chi connectivity index (χ1n) is 6.74. The first kappa shape index (κ1) is 16.0. The fraction of sp³-hybridized carbons (Fsp3) is 0.294. The lowest BCUT2D eigenvalue weighted by Crippen LogP contribution is -2.37. The molecule has 0 amide bonds. The van der Waals surface area contributed by atoms with Gasteiger partial charge in [-0.3, -0.25) is 0 Å². The van der Waals surface area contributed by atoms with E-state index < -0.39 is 11.2 Å². The number of hydrogen-bond donors (Lipinski definition) is 2. The standard InChI is InChI=1S/C17H18ClFO2/c1-12-4-2-6-14(8-12)17(10-20,11-21)9-13-5-3-7-15(19)16(13)18/h2-8,20-21H,9-11H2,1H3. The second kappa shape index (κ2) is 6.56. The number of benzene rings is 2. The molecule has 2 aromatic carbocycles. The van der Waals surface area contributed by atoms with Crippen LogP contribution in [0.1, 0.15) is 16.7 Å². The zero-order valence-electron chi connectivity index (χ0n) is 11.8. The van der Waals surface area contributed by atoms with Gasteiger partial charge in [0.05, 0.1) is 18.2 Å². The maximum atomic E-state index is 13.6. The molecule has 2 aromatic rings. The summed E-state index contributed by atoms with van der Waals surface area (Å²) >= 11 is 5.99. The van der Waals surface area contributed by atoms with Crippen LogP contribution in [0.15, 0.2) is 42.5 Å². The summed E-state index contributed by atoms with van der Waals surface area (Å²) in [6.45, 7) is 1.44. The topological polar surface area (TPSA) is 40.5 Å². The molecule has 0 bridgehead atoms. The second-order valence-corrected chi connectivity index (χ2v) is 5.73. The third kappa shape index (κ3) is 3.26. The second-order valence-electron chi connectivity index (χ2n) is 5.36. The van der Waals surface area contributed by atoms with Crippen LogP contribution in [0.25, 0.3) is 0 Å². The fourth-order valence-electron chi connectivity index (χ4n) is 2.47. The van der Waals surface area contributed by atoms with E-state index in [-0.39, 0.29) is 24.7 Å². The van der Waals surface area contributed by atoms with Crippen LogP contribution in [0.2, 0.25) is 5.02 Å². The zero-order valence-corrected chi connectivity index (χ0v) is 12.6. The highest BCUT2D eigenvalue weighted by atomic mass is 35.5. The summed E-state index contributed by atoms with van der Waals surface area (Å²) in [5, 5.41) is 19.7. The van der Waals surface area contributed by atoms with E-state index in [0.717, 1.165) is 11.1 Å². The molecule has 0 fully saturated rings. The molecule has 21 heavy (non-hydrogen) atoms. The molecule has 0 aromatic heterocycles. The van der Waals surface area contributed by atoms with Crippen molar-refractivity contribution in [2.24, 2.45) is 0 Å².